The Labute approximate surface area is 267 Å². The van der Waals surface area contributed by atoms with Crippen molar-refractivity contribution in [2.45, 2.75) is 19.3 Å². The number of benzene rings is 6. The Balaban J connectivity index is 1.16. The average molecular weight is 592 g/mol. The summed E-state index contributed by atoms with van der Waals surface area (Å²) >= 11 is 0. The van der Waals surface area contributed by atoms with E-state index in [9.17, 15) is 0 Å². The number of rotatable bonds is 4. The monoisotopic (exact) mass is 591 g/mol. The Morgan fingerprint density at radius 1 is 0.457 bits per heavy atom. The lowest BCUT2D eigenvalue weighted by Crippen LogP contribution is -2.15. The van der Waals surface area contributed by atoms with Crippen molar-refractivity contribution in [1.29, 1.82) is 0 Å². The molecule has 0 N–H and O–H groups in total. The Morgan fingerprint density at radius 3 is 1.74 bits per heavy atom. The predicted molar refractivity (Wildman–Crippen MR) is 186 cm³/mol. The van der Waals surface area contributed by atoms with Gasteiger partial charge in [0.2, 0.25) is 0 Å². The predicted octanol–water partition coefficient (Wildman–Crippen LogP) is 10.7. The zero-order valence-electron chi connectivity index (χ0n) is 25.5. The molecule has 4 nitrogen and oxygen atoms in total. The van der Waals surface area contributed by atoms with E-state index in [2.05, 4.69) is 86.6 Å². The van der Waals surface area contributed by atoms with Gasteiger partial charge < -0.3 is 4.42 Å². The Hall–Kier alpha value is -5.87. The highest BCUT2D eigenvalue weighted by Gasteiger charge is 2.38. The van der Waals surface area contributed by atoms with E-state index in [4.69, 9.17) is 19.4 Å². The van der Waals surface area contributed by atoms with Crippen molar-refractivity contribution in [2.75, 3.05) is 0 Å². The molecule has 46 heavy (non-hydrogen) atoms. The van der Waals surface area contributed by atoms with Crippen LogP contribution >= 0.6 is 0 Å². The van der Waals surface area contributed by atoms with Crippen LogP contribution in [0.5, 0.6) is 0 Å². The number of furan rings is 1. The standard InChI is InChI=1S/C42H29N3O/c1-42(2)34-25-29(20-21-31(34)32-22-23-36-37(38(32)42)33-18-9-10-19-35(33)46-36)28-16-11-17-30(24-28)41-44-39(26-12-5-3-6-13-26)43-40(45-41)27-14-7-4-8-15-27/h3-25H,1-2H3. The lowest BCUT2D eigenvalue weighted by molar-refractivity contribution is 0.657. The highest BCUT2D eigenvalue weighted by Crippen LogP contribution is 2.53. The van der Waals surface area contributed by atoms with Crippen LogP contribution in [0.15, 0.2) is 144 Å². The zero-order chi connectivity index (χ0) is 30.8. The molecule has 0 saturated carbocycles. The van der Waals surface area contributed by atoms with Crippen LogP contribution in [-0.2, 0) is 5.41 Å². The summed E-state index contributed by atoms with van der Waals surface area (Å²) in [7, 11) is 0. The molecule has 2 aromatic heterocycles. The van der Waals surface area contributed by atoms with Crippen LogP contribution in [0, 0.1) is 0 Å². The van der Waals surface area contributed by atoms with Crippen molar-refractivity contribution in [3.05, 3.63) is 151 Å². The van der Waals surface area contributed by atoms with Crippen molar-refractivity contribution in [1.82, 2.24) is 15.0 Å². The van der Waals surface area contributed by atoms with Gasteiger partial charge in [0.15, 0.2) is 17.5 Å². The number of fused-ring (bicyclic) bond motifs is 7. The largest absolute Gasteiger partial charge is 0.456 e. The van der Waals surface area contributed by atoms with E-state index < -0.39 is 0 Å². The number of hydrogen-bond acceptors (Lipinski definition) is 4. The summed E-state index contributed by atoms with van der Waals surface area (Å²) in [5, 5.41) is 2.39. The second kappa shape index (κ2) is 10.1. The molecule has 8 aromatic rings. The van der Waals surface area contributed by atoms with E-state index in [1.165, 1.54) is 33.0 Å². The maximum absolute atomic E-state index is 6.27. The SMILES string of the molecule is CC1(C)c2cc(-c3cccc(-c4nc(-c5ccccc5)nc(-c5ccccc5)n4)c3)ccc2-c2ccc3oc4ccccc4c3c21. The van der Waals surface area contributed by atoms with Gasteiger partial charge in [0, 0.05) is 32.9 Å². The van der Waals surface area contributed by atoms with Gasteiger partial charge in [-0.1, -0.05) is 129 Å². The van der Waals surface area contributed by atoms with Crippen LogP contribution in [0.2, 0.25) is 0 Å². The second-order valence-corrected chi connectivity index (χ2v) is 12.5. The normalized spacial score (nSPS) is 13.2. The molecular weight excluding hydrogens is 562 g/mol. The van der Waals surface area contributed by atoms with Gasteiger partial charge in [0.1, 0.15) is 11.2 Å². The summed E-state index contributed by atoms with van der Waals surface area (Å²) in [6.45, 7) is 4.67. The number of aromatic nitrogens is 3. The topological polar surface area (TPSA) is 51.8 Å². The van der Waals surface area contributed by atoms with Gasteiger partial charge in [0.25, 0.3) is 0 Å². The van der Waals surface area contributed by atoms with E-state index in [1.807, 2.05) is 66.7 Å². The van der Waals surface area contributed by atoms with Crippen LogP contribution in [0.1, 0.15) is 25.0 Å². The first-order valence-corrected chi connectivity index (χ1v) is 15.6. The summed E-state index contributed by atoms with van der Waals surface area (Å²) in [6, 6.07) is 48.3. The third kappa shape index (κ3) is 4.11. The molecule has 4 heteroatoms. The van der Waals surface area contributed by atoms with Crippen LogP contribution < -0.4 is 0 Å². The maximum atomic E-state index is 6.27. The molecule has 0 fully saturated rings. The Kier molecular flexibility index (Phi) is 5.81. The first-order valence-electron chi connectivity index (χ1n) is 15.6. The van der Waals surface area contributed by atoms with E-state index in [0.717, 1.165) is 39.0 Å². The summed E-state index contributed by atoms with van der Waals surface area (Å²) in [6.07, 6.45) is 0. The molecule has 2 heterocycles. The smallest absolute Gasteiger partial charge is 0.164 e. The van der Waals surface area contributed by atoms with Crippen LogP contribution in [-0.4, -0.2) is 15.0 Å². The molecule has 0 bridgehead atoms. The Bertz CT molecular complexity index is 2380. The average Bonchev–Trinajstić information content (AvgIpc) is 3.60. The third-order valence-corrected chi connectivity index (χ3v) is 9.30. The molecule has 0 amide bonds. The van der Waals surface area contributed by atoms with Gasteiger partial charge in [-0.3, -0.25) is 0 Å². The third-order valence-electron chi connectivity index (χ3n) is 9.30. The minimum absolute atomic E-state index is 0.201. The number of hydrogen-bond donors (Lipinski definition) is 0. The number of para-hydroxylation sites is 1. The Morgan fingerprint density at radius 2 is 1.02 bits per heavy atom. The first kappa shape index (κ1) is 26.5. The van der Waals surface area contributed by atoms with Crippen molar-refractivity contribution in [3.63, 3.8) is 0 Å². The highest BCUT2D eigenvalue weighted by molar-refractivity contribution is 6.11. The molecule has 0 saturated heterocycles. The molecule has 0 aliphatic heterocycles. The van der Waals surface area contributed by atoms with Crippen LogP contribution in [0.3, 0.4) is 0 Å². The summed E-state index contributed by atoms with van der Waals surface area (Å²) in [4.78, 5) is 14.8. The summed E-state index contributed by atoms with van der Waals surface area (Å²) in [5.41, 5.74) is 12.0. The molecule has 1 aliphatic rings. The van der Waals surface area contributed by atoms with Crippen molar-refractivity contribution in [2.24, 2.45) is 0 Å². The molecule has 6 aromatic carbocycles. The first-order chi connectivity index (χ1) is 22.5. The van der Waals surface area contributed by atoms with Gasteiger partial charge in [-0.05, 0) is 57.6 Å². The van der Waals surface area contributed by atoms with E-state index in [-0.39, 0.29) is 5.41 Å². The molecule has 1 aliphatic carbocycles. The van der Waals surface area contributed by atoms with E-state index in [1.54, 1.807) is 0 Å². The van der Waals surface area contributed by atoms with Crippen molar-refractivity contribution >= 4 is 21.9 Å². The quantitative estimate of drug-likeness (QED) is 0.204. The molecule has 0 radical (unpaired) electrons. The van der Waals surface area contributed by atoms with Crippen LogP contribution in [0.25, 0.3) is 78.4 Å². The molecule has 218 valence electrons. The fourth-order valence-corrected chi connectivity index (χ4v) is 7.08. The van der Waals surface area contributed by atoms with Crippen molar-refractivity contribution < 1.29 is 4.42 Å². The molecule has 0 atom stereocenters. The van der Waals surface area contributed by atoms with Gasteiger partial charge in [-0.25, -0.2) is 15.0 Å². The lowest BCUT2D eigenvalue weighted by atomic mass is 9.80. The maximum Gasteiger partial charge on any atom is 0.164 e. The molecule has 0 spiro atoms. The van der Waals surface area contributed by atoms with E-state index in [0.29, 0.717) is 17.5 Å². The minimum atomic E-state index is -0.201. The fourth-order valence-electron chi connectivity index (χ4n) is 7.08. The number of nitrogens with zero attached hydrogens (tertiary/aromatic N) is 3. The summed E-state index contributed by atoms with van der Waals surface area (Å²) < 4.78 is 6.27. The van der Waals surface area contributed by atoms with Gasteiger partial charge >= 0.3 is 0 Å². The molecule has 0 unspecified atom stereocenters. The van der Waals surface area contributed by atoms with E-state index >= 15 is 0 Å². The van der Waals surface area contributed by atoms with Crippen molar-refractivity contribution in [3.8, 4) is 56.4 Å². The zero-order valence-corrected chi connectivity index (χ0v) is 25.5. The van der Waals surface area contributed by atoms with Gasteiger partial charge in [-0.15, -0.1) is 0 Å². The lowest BCUT2D eigenvalue weighted by Gasteiger charge is -2.23. The van der Waals surface area contributed by atoms with Gasteiger partial charge in [-0.2, -0.15) is 0 Å². The summed E-state index contributed by atoms with van der Waals surface area (Å²) in [5.74, 6) is 1.97. The molecular formula is C42H29N3O. The minimum Gasteiger partial charge on any atom is -0.456 e. The molecule has 9 rings (SSSR count). The second-order valence-electron chi connectivity index (χ2n) is 12.5. The van der Waals surface area contributed by atoms with Gasteiger partial charge in [0.05, 0.1) is 0 Å². The highest BCUT2D eigenvalue weighted by atomic mass is 16.3. The van der Waals surface area contributed by atoms with Crippen LogP contribution in [0.4, 0.5) is 0 Å². The fraction of sp³-hybridized carbons (Fsp3) is 0.0714.